The molecule has 6 heteroatoms. The highest BCUT2D eigenvalue weighted by atomic mass is 35.5. The Bertz CT molecular complexity index is 1050. The zero-order valence-electron chi connectivity index (χ0n) is 16.3. The Morgan fingerprint density at radius 3 is 2.64 bits per heavy atom. The fourth-order valence-corrected chi connectivity index (χ4v) is 3.32. The smallest absolute Gasteiger partial charge is 0.275 e. The van der Waals surface area contributed by atoms with Crippen LogP contribution in [0.3, 0.4) is 0 Å². The third-order valence-electron chi connectivity index (χ3n) is 4.51. The molecule has 0 aliphatic carbocycles. The van der Waals surface area contributed by atoms with Crippen molar-refractivity contribution in [2.24, 2.45) is 5.10 Å². The van der Waals surface area contributed by atoms with Crippen molar-refractivity contribution >= 4 is 23.7 Å². The minimum Gasteiger partial charge on any atom is -0.496 e. The summed E-state index contributed by atoms with van der Waals surface area (Å²) in [7, 11) is 1.54. The van der Waals surface area contributed by atoms with Crippen LogP contribution in [0.15, 0.2) is 53.6 Å². The Labute approximate surface area is 169 Å². The zero-order valence-corrected chi connectivity index (χ0v) is 17.0. The molecule has 0 atom stereocenters. The Morgan fingerprint density at radius 1 is 1.14 bits per heavy atom. The maximum absolute atomic E-state index is 12.4. The van der Waals surface area contributed by atoms with Crippen molar-refractivity contribution in [3.05, 3.63) is 81.6 Å². The van der Waals surface area contributed by atoms with E-state index in [-0.39, 0.29) is 5.91 Å². The van der Waals surface area contributed by atoms with Crippen molar-refractivity contribution in [2.45, 2.75) is 20.8 Å². The molecule has 0 fully saturated rings. The number of carbonyl (C=O) groups is 1. The van der Waals surface area contributed by atoms with Crippen LogP contribution in [0.5, 0.6) is 5.75 Å². The maximum atomic E-state index is 12.4. The largest absolute Gasteiger partial charge is 0.496 e. The predicted octanol–water partition coefficient (Wildman–Crippen LogP) is 4.83. The lowest BCUT2D eigenvalue weighted by Crippen LogP contribution is -2.18. The van der Waals surface area contributed by atoms with Crippen LogP contribution in [0.25, 0.3) is 5.69 Å². The Morgan fingerprint density at radius 2 is 1.93 bits per heavy atom. The molecule has 0 aliphatic heterocycles. The number of amides is 1. The molecule has 144 valence electrons. The molecule has 5 nitrogen and oxygen atoms in total. The molecule has 0 spiro atoms. The summed E-state index contributed by atoms with van der Waals surface area (Å²) in [5, 5.41) is 4.80. The van der Waals surface area contributed by atoms with Crippen LogP contribution in [-0.4, -0.2) is 23.8 Å². The van der Waals surface area contributed by atoms with E-state index >= 15 is 0 Å². The molecule has 2 aromatic carbocycles. The fraction of sp³-hybridized carbons (Fsp3) is 0.182. The van der Waals surface area contributed by atoms with E-state index in [4.69, 9.17) is 16.3 Å². The standard InChI is InChI=1S/C22H22ClN3O2/c1-14-8-9-20(21(10-14)28-4)22(27)25-24-13-17-11-15(2)26(16(17)3)19-7-5-6-18(23)12-19/h5-13H,1-4H3,(H,25,27)/b24-13-. The van der Waals surface area contributed by atoms with Gasteiger partial charge in [0.25, 0.3) is 5.91 Å². The SMILES string of the molecule is COc1cc(C)ccc1C(=O)N/N=C\c1cc(C)n(-c2cccc(Cl)c2)c1C. The highest BCUT2D eigenvalue weighted by Crippen LogP contribution is 2.22. The molecule has 0 radical (unpaired) electrons. The number of nitrogens with one attached hydrogen (secondary N) is 1. The van der Waals surface area contributed by atoms with E-state index in [1.54, 1.807) is 19.4 Å². The molecule has 28 heavy (non-hydrogen) atoms. The van der Waals surface area contributed by atoms with Gasteiger partial charge in [-0.15, -0.1) is 0 Å². The zero-order chi connectivity index (χ0) is 20.3. The summed E-state index contributed by atoms with van der Waals surface area (Å²) < 4.78 is 7.38. The van der Waals surface area contributed by atoms with Gasteiger partial charge in [0, 0.05) is 27.7 Å². The van der Waals surface area contributed by atoms with Crippen molar-refractivity contribution in [2.75, 3.05) is 7.11 Å². The summed E-state index contributed by atoms with van der Waals surface area (Å²) in [4.78, 5) is 12.4. The van der Waals surface area contributed by atoms with Gasteiger partial charge in [0.15, 0.2) is 0 Å². The minimum atomic E-state index is -0.322. The van der Waals surface area contributed by atoms with E-state index in [9.17, 15) is 4.79 Å². The van der Waals surface area contributed by atoms with Gasteiger partial charge in [-0.3, -0.25) is 4.79 Å². The number of aromatic nitrogens is 1. The molecule has 1 amide bonds. The van der Waals surface area contributed by atoms with Crippen molar-refractivity contribution in [1.29, 1.82) is 0 Å². The van der Waals surface area contributed by atoms with Gasteiger partial charge in [0.1, 0.15) is 5.75 Å². The molecule has 3 rings (SSSR count). The molecule has 3 aromatic rings. The number of halogens is 1. The molecule has 0 aliphatic rings. The number of carbonyl (C=O) groups excluding carboxylic acids is 1. The average molecular weight is 396 g/mol. The van der Waals surface area contributed by atoms with Crippen molar-refractivity contribution in [3.63, 3.8) is 0 Å². The molecule has 0 saturated heterocycles. The first-order valence-corrected chi connectivity index (χ1v) is 9.21. The van der Waals surface area contributed by atoms with Crippen LogP contribution in [0, 0.1) is 20.8 Å². The highest BCUT2D eigenvalue weighted by molar-refractivity contribution is 6.30. The topological polar surface area (TPSA) is 55.6 Å². The van der Waals surface area contributed by atoms with Crippen molar-refractivity contribution in [1.82, 2.24) is 9.99 Å². The van der Waals surface area contributed by atoms with Gasteiger partial charge >= 0.3 is 0 Å². The lowest BCUT2D eigenvalue weighted by atomic mass is 10.1. The monoisotopic (exact) mass is 395 g/mol. The van der Waals surface area contributed by atoms with Crippen LogP contribution >= 0.6 is 11.6 Å². The second-order valence-electron chi connectivity index (χ2n) is 6.54. The third-order valence-corrected chi connectivity index (χ3v) is 4.74. The van der Waals surface area contributed by atoms with E-state index in [0.29, 0.717) is 16.3 Å². The number of benzene rings is 2. The van der Waals surface area contributed by atoms with E-state index in [1.807, 2.05) is 63.2 Å². The molecule has 0 unspecified atom stereocenters. The summed E-state index contributed by atoms with van der Waals surface area (Å²) in [6.07, 6.45) is 1.64. The molecule has 1 heterocycles. The number of hydrogen-bond acceptors (Lipinski definition) is 3. The quantitative estimate of drug-likeness (QED) is 0.497. The highest BCUT2D eigenvalue weighted by Gasteiger charge is 2.12. The van der Waals surface area contributed by atoms with Gasteiger partial charge in [0.2, 0.25) is 0 Å². The summed E-state index contributed by atoms with van der Waals surface area (Å²) in [5.74, 6) is 0.198. The molecule has 1 N–H and O–H groups in total. The van der Waals surface area contributed by atoms with E-state index < -0.39 is 0 Å². The average Bonchev–Trinajstić information content (AvgIpc) is 2.94. The summed E-state index contributed by atoms with van der Waals surface area (Å²) in [5.41, 5.74) is 7.97. The van der Waals surface area contributed by atoms with Crippen LogP contribution in [0.4, 0.5) is 0 Å². The van der Waals surface area contributed by atoms with Gasteiger partial charge in [-0.2, -0.15) is 5.10 Å². The summed E-state index contributed by atoms with van der Waals surface area (Å²) in [6, 6.07) is 15.1. The molecule has 0 bridgehead atoms. The number of nitrogens with zero attached hydrogens (tertiary/aromatic N) is 2. The number of aryl methyl sites for hydroxylation is 2. The lowest BCUT2D eigenvalue weighted by molar-refractivity contribution is 0.0952. The number of hydrazone groups is 1. The first-order chi connectivity index (χ1) is 13.4. The number of hydrogen-bond donors (Lipinski definition) is 1. The second kappa shape index (κ2) is 8.31. The number of ether oxygens (including phenoxy) is 1. The normalized spacial score (nSPS) is 11.0. The summed E-state index contributed by atoms with van der Waals surface area (Å²) >= 11 is 6.12. The molecule has 0 saturated carbocycles. The Hall–Kier alpha value is -3.05. The van der Waals surface area contributed by atoms with Gasteiger partial charge in [0.05, 0.1) is 18.9 Å². The predicted molar refractivity (Wildman–Crippen MR) is 113 cm³/mol. The van der Waals surface area contributed by atoms with Gasteiger partial charge in [-0.1, -0.05) is 23.7 Å². The van der Waals surface area contributed by atoms with Crippen molar-refractivity contribution in [3.8, 4) is 11.4 Å². The summed E-state index contributed by atoms with van der Waals surface area (Å²) in [6.45, 7) is 5.96. The van der Waals surface area contributed by atoms with Crippen LogP contribution < -0.4 is 10.2 Å². The molecular formula is C22H22ClN3O2. The van der Waals surface area contributed by atoms with Gasteiger partial charge in [-0.05, 0) is 62.7 Å². The maximum Gasteiger partial charge on any atom is 0.275 e. The minimum absolute atomic E-state index is 0.322. The van der Waals surface area contributed by atoms with E-state index in [1.165, 1.54) is 0 Å². The van der Waals surface area contributed by atoms with Gasteiger partial charge < -0.3 is 9.30 Å². The Balaban J connectivity index is 1.80. The van der Waals surface area contributed by atoms with Crippen LogP contribution in [0.1, 0.15) is 32.9 Å². The first kappa shape index (κ1) is 19.7. The van der Waals surface area contributed by atoms with E-state index in [0.717, 1.165) is 28.2 Å². The lowest BCUT2D eigenvalue weighted by Gasteiger charge is -2.10. The molecular weight excluding hydrogens is 374 g/mol. The fourth-order valence-electron chi connectivity index (χ4n) is 3.14. The van der Waals surface area contributed by atoms with Crippen LogP contribution in [-0.2, 0) is 0 Å². The van der Waals surface area contributed by atoms with Gasteiger partial charge in [-0.25, -0.2) is 5.43 Å². The number of rotatable bonds is 5. The number of methoxy groups -OCH3 is 1. The third kappa shape index (κ3) is 4.10. The van der Waals surface area contributed by atoms with E-state index in [2.05, 4.69) is 15.1 Å². The second-order valence-corrected chi connectivity index (χ2v) is 6.98. The van der Waals surface area contributed by atoms with Crippen molar-refractivity contribution < 1.29 is 9.53 Å². The Kier molecular flexibility index (Phi) is 5.85. The van der Waals surface area contributed by atoms with Crippen LogP contribution in [0.2, 0.25) is 5.02 Å². The molecule has 1 aromatic heterocycles. The first-order valence-electron chi connectivity index (χ1n) is 8.83.